The zero-order chi connectivity index (χ0) is 19.4. The van der Waals surface area contributed by atoms with Gasteiger partial charge in [0.15, 0.2) is 0 Å². The van der Waals surface area contributed by atoms with E-state index in [1.165, 1.54) is 21.9 Å². The number of rotatable bonds is 6. The van der Waals surface area contributed by atoms with Crippen molar-refractivity contribution in [2.24, 2.45) is 17.6 Å². The maximum absolute atomic E-state index is 13.0. The summed E-state index contributed by atoms with van der Waals surface area (Å²) in [5.74, 6) is 0.143. The van der Waals surface area contributed by atoms with E-state index in [2.05, 4.69) is 5.32 Å². The van der Waals surface area contributed by atoms with Crippen molar-refractivity contribution in [3.8, 4) is 0 Å². The van der Waals surface area contributed by atoms with Gasteiger partial charge in [-0.05, 0) is 74.2 Å². The number of halogens is 1. The molecule has 1 atom stereocenters. The predicted molar refractivity (Wildman–Crippen MR) is 113 cm³/mol. The van der Waals surface area contributed by atoms with Crippen LogP contribution in [0.25, 0.3) is 0 Å². The van der Waals surface area contributed by atoms with Gasteiger partial charge in [-0.25, -0.2) is 8.42 Å². The molecular formula is C20H32ClN3O3S. The molecule has 1 aliphatic heterocycles. The van der Waals surface area contributed by atoms with E-state index in [1.807, 2.05) is 19.1 Å². The normalized spacial score (nSPS) is 19.4. The first-order chi connectivity index (χ1) is 12.9. The van der Waals surface area contributed by atoms with Crippen LogP contribution >= 0.6 is 12.4 Å². The molecule has 1 fully saturated rings. The Morgan fingerprint density at radius 1 is 1.21 bits per heavy atom. The molecule has 1 unspecified atom stereocenters. The first kappa shape index (κ1) is 23.1. The van der Waals surface area contributed by atoms with E-state index in [0.717, 1.165) is 19.3 Å². The molecule has 2 aliphatic rings. The lowest BCUT2D eigenvalue weighted by molar-refractivity contribution is -0.126. The number of nitrogens with one attached hydrogen (secondary N) is 1. The molecule has 1 aromatic carbocycles. The van der Waals surface area contributed by atoms with Gasteiger partial charge in [-0.2, -0.15) is 4.31 Å². The second-order valence-corrected chi connectivity index (χ2v) is 9.84. The first-order valence-electron chi connectivity index (χ1n) is 10.0. The number of benzene rings is 1. The standard InChI is InChI=1S/C20H31N3O3S.ClH/c1-15(13-21)14-22-20(24)17-8-10-23(11-9-17)27(25,26)19-7-6-16-4-2-3-5-18(16)12-19;/h6-7,12,15,17H,2-5,8-11,13-14,21H2,1H3,(H,22,24);1H. The number of carbonyl (C=O) groups is 1. The number of sulfonamides is 1. The van der Waals surface area contributed by atoms with Crippen LogP contribution in [0.3, 0.4) is 0 Å². The Morgan fingerprint density at radius 2 is 1.86 bits per heavy atom. The largest absolute Gasteiger partial charge is 0.356 e. The maximum Gasteiger partial charge on any atom is 0.243 e. The number of hydrogen-bond acceptors (Lipinski definition) is 4. The highest BCUT2D eigenvalue weighted by Crippen LogP contribution is 2.28. The molecule has 28 heavy (non-hydrogen) atoms. The molecule has 1 amide bonds. The Bertz CT molecular complexity index is 777. The highest BCUT2D eigenvalue weighted by Gasteiger charge is 2.32. The average molecular weight is 430 g/mol. The number of aryl methyl sites for hydroxylation is 2. The van der Waals surface area contributed by atoms with E-state index in [9.17, 15) is 13.2 Å². The molecule has 6 nitrogen and oxygen atoms in total. The molecule has 3 N–H and O–H groups in total. The van der Waals surface area contributed by atoms with E-state index < -0.39 is 10.0 Å². The van der Waals surface area contributed by atoms with Crippen LogP contribution in [-0.2, 0) is 27.7 Å². The molecule has 1 aromatic rings. The summed E-state index contributed by atoms with van der Waals surface area (Å²) in [6.07, 6.45) is 5.43. The summed E-state index contributed by atoms with van der Waals surface area (Å²) < 4.78 is 27.6. The number of hydrogen-bond donors (Lipinski definition) is 2. The monoisotopic (exact) mass is 429 g/mol. The number of piperidine rings is 1. The van der Waals surface area contributed by atoms with E-state index in [4.69, 9.17) is 5.73 Å². The summed E-state index contributed by atoms with van der Waals surface area (Å²) in [6.45, 7) is 3.89. The Morgan fingerprint density at radius 3 is 2.50 bits per heavy atom. The van der Waals surface area contributed by atoms with Crippen molar-refractivity contribution in [3.63, 3.8) is 0 Å². The number of amides is 1. The molecule has 8 heteroatoms. The van der Waals surface area contributed by atoms with E-state index in [0.29, 0.717) is 43.9 Å². The Kier molecular flexibility index (Phi) is 8.30. The van der Waals surface area contributed by atoms with Crippen molar-refractivity contribution >= 4 is 28.3 Å². The average Bonchev–Trinajstić information content (AvgIpc) is 2.71. The lowest BCUT2D eigenvalue weighted by atomic mass is 9.92. The van der Waals surface area contributed by atoms with Crippen molar-refractivity contribution in [2.75, 3.05) is 26.2 Å². The van der Waals surface area contributed by atoms with Gasteiger partial charge in [-0.3, -0.25) is 4.79 Å². The fraction of sp³-hybridized carbons (Fsp3) is 0.650. The van der Waals surface area contributed by atoms with Gasteiger partial charge in [-0.15, -0.1) is 12.4 Å². The summed E-state index contributed by atoms with van der Waals surface area (Å²) in [5, 5.41) is 2.94. The van der Waals surface area contributed by atoms with Gasteiger partial charge in [0.2, 0.25) is 15.9 Å². The van der Waals surface area contributed by atoms with Gasteiger partial charge in [0, 0.05) is 25.6 Å². The molecule has 0 saturated carbocycles. The molecule has 1 saturated heterocycles. The summed E-state index contributed by atoms with van der Waals surface area (Å²) in [4.78, 5) is 12.7. The Balaban J connectivity index is 0.00000280. The minimum atomic E-state index is -3.49. The minimum absolute atomic E-state index is 0. The topological polar surface area (TPSA) is 92.5 Å². The molecule has 0 radical (unpaired) electrons. The van der Waals surface area contributed by atoms with E-state index in [-0.39, 0.29) is 30.2 Å². The van der Waals surface area contributed by atoms with Gasteiger partial charge in [0.25, 0.3) is 0 Å². The smallest absolute Gasteiger partial charge is 0.243 e. The van der Waals surface area contributed by atoms with Crippen LogP contribution in [0.2, 0.25) is 0 Å². The fourth-order valence-corrected chi connectivity index (χ4v) is 5.40. The van der Waals surface area contributed by atoms with Crippen molar-refractivity contribution in [1.29, 1.82) is 0 Å². The summed E-state index contributed by atoms with van der Waals surface area (Å²) >= 11 is 0. The van der Waals surface area contributed by atoms with Gasteiger partial charge >= 0.3 is 0 Å². The Hall–Kier alpha value is -1.15. The van der Waals surface area contributed by atoms with Crippen LogP contribution < -0.4 is 11.1 Å². The maximum atomic E-state index is 13.0. The zero-order valence-corrected chi connectivity index (χ0v) is 18.2. The van der Waals surface area contributed by atoms with Gasteiger partial charge in [-0.1, -0.05) is 13.0 Å². The van der Waals surface area contributed by atoms with Crippen LogP contribution in [0.15, 0.2) is 23.1 Å². The van der Waals surface area contributed by atoms with Crippen LogP contribution in [0.1, 0.15) is 43.7 Å². The first-order valence-corrected chi connectivity index (χ1v) is 11.5. The number of carbonyl (C=O) groups excluding carboxylic acids is 1. The molecule has 0 spiro atoms. The Labute approximate surface area is 174 Å². The van der Waals surface area contributed by atoms with E-state index >= 15 is 0 Å². The second-order valence-electron chi connectivity index (χ2n) is 7.90. The number of fused-ring (bicyclic) bond motifs is 1. The van der Waals surface area contributed by atoms with Crippen LogP contribution in [-0.4, -0.2) is 44.8 Å². The van der Waals surface area contributed by atoms with Crippen LogP contribution in [0.5, 0.6) is 0 Å². The predicted octanol–water partition coefficient (Wildman–Crippen LogP) is 2.10. The summed E-state index contributed by atoms with van der Waals surface area (Å²) in [5.41, 5.74) is 8.03. The third kappa shape index (κ3) is 5.26. The SMILES string of the molecule is CC(CN)CNC(=O)C1CCN(S(=O)(=O)c2ccc3c(c2)CCCC3)CC1.Cl. The third-order valence-corrected chi connectivity index (χ3v) is 7.70. The number of nitrogens with two attached hydrogens (primary N) is 1. The molecule has 1 heterocycles. The van der Waals surface area contributed by atoms with Gasteiger partial charge in [0.1, 0.15) is 0 Å². The molecule has 0 aromatic heterocycles. The summed E-state index contributed by atoms with van der Waals surface area (Å²) in [7, 11) is -3.49. The molecule has 158 valence electrons. The minimum Gasteiger partial charge on any atom is -0.356 e. The van der Waals surface area contributed by atoms with Crippen LogP contribution in [0, 0.1) is 11.8 Å². The number of nitrogens with zero attached hydrogens (tertiary/aromatic N) is 1. The van der Waals surface area contributed by atoms with Crippen molar-refractivity contribution in [3.05, 3.63) is 29.3 Å². The zero-order valence-electron chi connectivity index (χ0n) is 16.5. The van der Waals surface area contributed by atoms with Crippen molar-refractivity contribution < 1.29 is 13.2 Å². The molecule has 1 aliphatic carbocycles. The third-order valence-electron chi connectivity index (χ3n) is 5.81. The van der Waals surface area contributed by atoms with Crippen molar-refractivity contribution in [2.45, 2.75) is 50.3 Å². The van der Waals surface area contributed by atoms with Crippen LogP contribution in [0.4, 0.5) is 0 Å². The van der Waals surface area contributed by atoms with Gasteiger partial charge in [0.05, 0.1) is 4.90 Å². The quantitative estimate of drug-likeness (QED) is 0.724. The van der Waals surface area contributed by atoms with E-state index in [1.54, 1.807) is 6.07 Å². The van der Waals surface area contributed by atoms with Crippen molar-refractivity contribution in [1.82, 2.24) is 9.62 Å². The lowest BCUT2D eigenvalue weighted by Crippen LogP contribution is -2.44. The molecule has 3 rings (SSSR count). The summed E-state index contributed by atoms with van der Waals surface area (Å²) in [6, 6.07) is 5.57. The lowest BCUT2D eigenvalue weighted by Gasteiger charge is -2.31. The second kappa shape index (κ2) is 10.1. The van der Waals surface area contributed by atoms with Gasteiger partial charge < -0.3 is 11.1 Å². The fourth-order valence-electron chi connectivity index (χ4n) is 3.88. The molecular weight excluding hydrogens is 398 g/mol. The molecule has 0 bridgehead atoms. The highest BCUT2D eigenvalue weighted by molar-refractivity contribution is 7.89. The highest BCUT2D eigenvalue weighted by atomic mass is 35.5.